The van der Waals surface area contributed by atoms with Gasteiger partial charge < -0.3 is 10.0 Å². The predicted molar refractivity (Wildman–Crippen MR) is 75.3 cm³/mol. The lowest BCUT2D eigenvalue weighted by Crippen LogP contribution is -2.51. The molecule has 1 saturated carbocycles. The van der Waals surface area contributed by atoms with E-state index in [1.165, 1.54) is 5.57 Å². The van der Waals surface area contributed by atoms with E-state index < -0.39 is 6.09 Å². The molecule has 0 aromatic heterocycles. The molecule has 4 heteroatoms. The van der Waals surface area contributed by atoms with Gasteiger partial charge in [-0.3, -0.25) is 0 Å². The van der Waals surface area contributed by atoms with Crippen molar-refractivity contribution in [2.75, 3.05) is 6.54 Å². The van der Waals surface area contributed by atoms with Gasteiger partial charge in [-0.05, 0) is 42.9 Å². The Morgan fingerprint density at radius 1 is 1.32 bits per heavy atom. The van der Waals surface area contributed by atoms with E-state index in [2.05, 4.69) is 6.08 Å². The van der Waals surface area contributed by atoms with Crippen molar-refractivity contribution in [3.05, 3.63) is 40.4 Å². The van der Waals surface area contributed by atoms with Crippen LogP contribution < -0.4 is 0 Å². The summed E-state index contributed by atoms with van der Waals surface area (Å²) in [7, 11) is 0. The molecule has 3 nitrogen and oxygen atoms in total. The van der Waals surface area contributed by atoms with Gasteiger partial charge in [0.1, 0.15) is 0 Å². The van der Waals surface area contributed by atoms with Crippen LogP contribution >= 0.6 is 11.6 Å². The first-order valence-corrected chi connectivity index (χ1v) is 6.97. The van der Waals surface area contributed by atoms with Gasteiger partial charge in [-0.2, -0.15) is 0 Å². The third-order valence-electron chi connectivity index (χ3n) is 4.17. The Balaban J connectivity index is 1.81. The van der Waals surface area contributed by atoms with E-state index in [-0.39, 0.29) is 6.04 Å². The molecule has 3 fully saturated rings. The Bertz CT molecular complexity index is 523. The Morgan fingerprint density at radius 3 is 2.63 bits per heavy atom. The number of rotatable bonds is 1. The maximum atomic E-state index is 11.1. The maximum Gasteiger partial charge on any atom is 0.407 e. The highest BCUT2D eigenvalue weighted by molar-refractivity contribution is 6.30. The Kier molecular flexibility index (Phi) is 3.23. The molecule has 100 valence electrons. The molecule has 1 N–H and O–H groups in total. The van der Waals surface area contributed by atoms with Crippen molar-refractivity contribution in [2.45, 2.75) is 25.3 Å². The number of nitrogens with zero attached hydrogens (tertiary/aromatic N) is 1. The summed E-state index contributed by atoms with van der Waals surface area (Å²) in [5.74, 6) is 0.386. The fourth-order valence-corrected chi connectivity index (χ4v) is 3.29. The zero-order valence-corrected chi connectivity index (χ0v) is 11.3. The van der Waals surface area contributed by atoms with Gasteiger partial charge >= 0.3 is 6.09 Å². The van der Waals surface area contributed by atoms with Crippen LogP contribution in [0.25, 0.3) is 6.08 Å². The van der Waals surface area contributed by atoms with E-state index in [1.807, 2.05) is 24.3 Å². The lowest BCUT2D eigenvalue weighted by Gasteiger charge is -2.45. The monoisotopic (exact) mass is 277 g/mol. The van der Waals surface area contributed by atoms with Gasteiger partial charge in [-0.1, -0.05) is 35.4 Å². The fraction of sp³-hybridized carbons (Fsp3) is 0.400. The van der Waals surface area contributed by atoms with Crippen molar-refractivity contribution in [2.24, 2.45) is 5.92 Å². The van der Waals surface area contributed by atoms with Crippen molar-refractivity contribution in [1.29, 1.82) is 0 Å². The van der Waals surface area contributed by atoms with Gasteiger partial charge in [0.25, 0.3) is 0 Å². The average molecular weight is 278 g/mol. The molecule has 3 aliphatic rings. The average Bonchev–Trinajstić information content (AvgIpc) is 2.42. The Morgan fingerprint density at radius 2 is 2.05 bits per heavy atom. The molecular formula is C15H16ClNO2. The summed E-state index contributed by atoms with van der Waals surface area (Å²) in [6, 6.07) is 7.96. The van der Waals surface area contributed by atoms with E-state index in [4.69, 9.17) is 16.7 Å². The molecule has 2 saturated heterocycles. The number of hydrogen-bond donors (Lipinski definition) is 1. The lowest BCUT2D eigenvalue weighted by molar-refractivity contribution is 0.0739. The summed E-state index contributed by atoms with van der Waals surface area (Å²) in [5.41, 5.74) is 2.53. The van der Waals surface area contributed by atoms with Gasteiger partial charge in [0, 0.05) is 17.6 Å². The highest BCUT2D eigenvalue weighted by Gasteiger charge is 2.39. The Labute approximate surface area is 117 Å². The van der Waals surface area contributed by atoms with Crippen LogP contribution in [0.5, 0.6) is 0 Å². The largest absolute Gasteiger partial charge is 0.465 e. The van der Waals surface area contributed by atoms with Crippen LogP contribution in [-0.4, -0.2) is 28.7 Å². The number of benzene rings is 1. The third-order valence-corrected chi connectivity index (χ3v) is 4.42. The summed E-state index contributed by atoms with van der Waals surface area (Å²) in [4.78, 5) is 12.7. The zero-order chi connectivity index (χ0) is 13.4. The number of hydrogen-bond acceptors (Lipinski definition) is 1. The quantitative estimate of drug-likeness (QED) is 0.846. The van der Waals surface area contributed by atoms with Gasteiger partial charge in [-0.25, -0.2) is 4.79 Å². The summed E-state index contributed by atoms with van der Waals surface area (Å²) >= 11 is 5.88. The minimum atomic E-state index is -0.778. The van der Waals surface area contributed by atoms with E-state index in [9.17, 15) is 4.79 Å². The van der Waals surface area contributed by atoms with Gasteiger partial charge in [0.2, 0.25) is 0 Å². The topological polar surface area (TPSA) is 40.5 Å². The molecule has 0 radical (unpaired) electrons. The molecule has 2 bridgehead atoms. The third kappa shape index (κ3) is 2.47. The van der Waals surface area contributed by atoms with E-state index in [0.717, 1.165) is 29.8 Å². The number of fused-ring (bicyclic) bond motifs is 3. The molecule has 1 aromatic carbocycles. The molecule has 2 heterocycles. The first kappa shape index (κ1) is 12.5. The minimum absolute atomic E-state index is 0.168. The van der Waals surface area contributed by atoms with E-state index in [1.54, 1.807) is 4.90 Å². The van der Waals surface area contributed by atoms with E-state index in [0.29, 0.717) is 12.5 Å². The molecule has 1 aliphatic carbocycles. The fourth-order valence-electron chi connectivity index (χ4n) is 3.16. The van der Waals surface area contributed by atoms with Crippen molar-refractivity contribution in [3.8, 4) is 0 Å². The molecule has 2 unspecified atom stereocenters. The SMILES string of the molecule is O=C(O)N1CC2CCC1C/C2=C/c1ccc(Cl)cc1. The van der Waals surface area contributed by atoms with Crippen LogP contribution in [0.3, 0.4) is 0 Å². The van der Waals surface area contributed by atoms with Gasteiger partial charge in [0.05, 0.1) is 0 Å². The van der Waals surface area contributed by atoms with Crippen LogP contribution in [0, 0.1) is 5.92 Å². The van der Waals surface area contributed by atoms with Crippen molar-refractivity contribution >= 4 is 23.8 Å². The van der Waals surface area contributed by atoms with Crippen LogP contribution in [-0.2, 0) is 0 Å². The molecule has 19 heavy (non-hydrogen) atoms. The molecule has 0 spiro atoms. The summed E-state index contributed by atoms with van der Waals surface area (Å²) in [6.45, 7) is 0.652. The van der Waals surface area contributed by atoms with Crippen molar-refractivity contribution < 1.29 is 9.90 Å². The highest BCUT2D eigenvalue weighted by Crippen LogP contribution is 2.39. The maximum absolute atomic E-state index is 11.1. The predicted octanol–water partition coefficient (Wildman–Crippen LogP) is 3.89. The zero-order valence-electron chi connectivity index (χ0n) is 10.6. The lowest BCUT2D eigenvalue weighted by atomic mass is 9.75. The van der Waals surface area contributed by atoms with Crippen LogP contribution in [0.4, 0.5) is 4.79 Å². The van der Waals surface area contributed by atoms with Crippen LogP contribution in [0.15, 0.2) is 29.8 Å². The van der Waals surface area contributed by atoms with E-state index >= 15 is 0 Å². The van der Waals surface area contributed by atoms with Crippen molar-refractivity contribution in [3.63, 3.8) is 0 Å². The summed E-state index contributed by atoms with van der Waals surface area (Å²) < 4.78 is 0. The first-order valence-electron chi connectivity index (χ1n) is 6.59. The van der Waals surface area contributed by atoms with Gasteiger partial charge in [0.15, 0.2) is 0 Å². The molecule has 2 aliphatic heterocycles. The molecule has 1 aromatic rings. The number of halogens is 1. The smallest absolute Gasteiger partial charge is 0.407 e. The normalized spacial score (nSPS) is 27.8. The molecule has 2 atom stereocenters. The number of piperidine rings is 2. The highest BCUT2D eigenvalue weighted by atomic mass is 35.5. The summed E-state index contributed by atoms with van der Waals surface area (Å²) in [5, 5.41) is 9.90. The number of carbonyl (C=O) groups is 1. The second-order valence-electron chi connectivity index (χ2n) is 5.34. The molecule has 4 rings (SSSR count). The van der Waals surface area contributed by atoms with Crippen LogP contribution in [0.1, 0.15) is 24.8 Å². The van der Waals surface area contributed by atoms with Crippen molar-refractivity contribution in [1.82, 2.24) is 4.90 Å². The standard InChI is InChI=1S/C15H16ClNO2/c16-13-4-1-10(2-5-13)7-12-8-14-6-3-11(12)9-17(14)15(18)19/h1-2,4-5,7,11,14H,3,6,8-9H2,(H,18,19)/b12-7-. The second kappa shape index (κ2) is 4.89. The molecular weight excluding hydrogens is 262 g/mol. The Hall–Kier alpha value is -1.48. The minimum Gasteiger partial charge on any atom is -0.465 e. The number of carboxylic acid groups (broad SMARTS) is 1. The number of amides is 1. The summed E-state index contributed by atoms with van der Waals surface area (Å²) in [6.07, 6.45) is 4.40. The molecule has 1 amide bonds. The van der Waals surface area contributed by atoms with Gasteiger partial charge in [-0.15, -0.1) is 0 Å². The second-order valence-corrected chi connectivity index (χ2v) is 5.77. The van der Waals surface area contributed by atoms with Crippen LogP contribution in [0.2, 0.25) is 5.02 Å². The first-order chi connectivity index (χ1) is 9.13.